The van der Waals surface area contributed by atoms with E-state index in [1.165, 1.54) is 0 Å². The van der Waals surface area contributed by atoms with Gasteiger partial charge in [-0.15, -0.1) is 0 Å². The maximum atomic E-state index is 11.4. The van der Waals surface area contributed by atoms with E-state index in [1.54, 1.807) is 0 Å². The second-order valence-corrected chi connectivity index (χ2v) is 3.64. The minimum atomic E-state index is 0.230. The predicted octanol–water partition coefficient (Wildman–Crippen LogP) is 2.09. The molecule has 0 fully saturated rings. The van der Waals surface area contributed by atoms with Crippen LogP contribution in [0.5, 0.6) is 0 Å². The number of Topliss-reactive ketones (excluding diaryl/α,β-unsaturated/α-hetero) is 1. The van der Waals surface area contributed by atoms with E-state index in [0.717, 1.165) is 16.9 Å². The van der Waals surface area contributed by atoms with Crippen molar-refractivity contribution >= 4 is 16.8 Å². The Labute approximate surface area is 88.7 Å². The number of rotatable bonds is 3. The molecule has 1 aromatic carbocycles. The summed E-state index contributed by atoms with van der Waals surface area (Å²) in [6.45, 7) is 1.88. The van der Waals surface area contributed by atoms with Crippen LogP contribution in [0.2, 0.25) is 0 Å². The molecule has 0 unspecified atom stereocenters. The van der Waals surface area contributed by atoms with Crippen molar-refractivity contribution < 1.29 is 4.79 Å². The summed E-state index contributed by atoms with van der Waals surface area (Å²) in [4.78, 5) is 15.8. The van der Waals surface area contributed by atoms with Crippen molar-refractivity contribution in [1.29, 1.82) is 0 Å². The smallest absolute Gasteiger partial charge is 0.140 e. The molecule has 0 saturated heterocycles. The molecule has 1 heterocycles. The van der Waals surface area contributed by atoms with E-state index in [4.69, 9.17) is 0 Å². The summed E-state index contributed by atoms with van der Waals surface area (Å²) in [6, 6.07) is 7.92. The van der Waals surface area contributed by atoms with Gasteiger partial charge in [0.15, 0.2) is 0 Å². The lowest BCUT2D eigenvalue weighted by molar-refractivity contribution is -0.118. The average Bonchev–Trinajstić information content (AvgIpc) is 2.57. The first kappa shape index (κ1) is 9.90. The van der Waals surface area contributed by atoms with Crippen molar-refractivity contribution in [3.63, 3.8) is 0 Å². The van der Waals surface area contributed by atoms with Crippen LogP contribution in [0.3, 0.4) is 0 Å². The van der Waals surface area contributed by atoms with E-state index >= 15 is 0 Å². The summed E-state index contributed by atoms with van der Waals surface area (Å²) in [7, 11) is 1.95. The van der Waals surface area contributed by atoms with E-state index in [-0.39, 0.29) is 5.78 Å². The molecule has 15 heavy (non-hydrogen) atoms. The molecule has 0 N–H and O–H groups in total. The Balaban J connectivity index is 2.44. The SMILES string of the molecule is CCC(=O)Cc1nc2ccccc2n1C. The third-order valence-electron chi connectivity index (χ3n) is 2.63. The number of carbonyl (C=O) groups is 1. The summed E-state index contributed by atoms with van der Waals surface area (Å²) >= 11 is 0. The van der Waals surface area contributed by atoms with Gasteiger partial charge in [-0.25, -0.2) is 4.98 Å². The Kier molecular flexibility index (Phi) is 2.54. The maximum Gasteiger partial charge on any atom is 0.140 e. The molecule has 0 amide bonds. The summed E-state index contributed by atoms with van der Waals surface area (Å²) in [5, 5.41) is 0. The molecular weight excluding hydrogens is 188 g/mol. The summed E-state index contributed by atoms with van der Waals surface area (Å²) in [6.07, 6.45) is 1.00. The van der Waals surface area contributed by atoms with E-state index in [0.29, 0.717) is 12.8 Å². The van der Waals surface area contributed by atoms with Crippen LogP contribution in [-0.2, 0) is 18.3 Å². The number of hydrogen-bond acceptors (Lipinski definition) is 2. The number of benzene rings is 1. The number of fused-ring (bicyclic) bond motifs is 1. The van der Waals surface area contributed by atoms with Crippen molar-refractivity contribution in [1.82, 2.24) is 9.55 Å². The fourth-order valence-corrected chi connectivity index (χ4v) is 1.65. The highest BCUT2D eigenvalue weighted by molar-refractivity contribution is 5.82. The zero-order valence-electron chi connectivity index (χ0n) is 9.03. The third-order valence-corrected chi connectivity index (χ3v) is 2.63. The number of carbonyl (C=O) groups excluding carboxylic acids is 1. The van der Waals surface area contributed by atoms with Crippen LogP contribution in [0.1, 0.15) is 19.2 Å². The van der Waals surface area contributed by atoms with E-state index in [2.05, 4.69) is 4.98 Å². The van der Waals surface area contributed by atoms with Gasteiger partial charge in [-0.3, -0.25) is 4.79 Å². The first-order chi connectivity index (χ1) is 7.22. The fourth-order valence-electron chi connectivity index (χ4n) is 1.65. The lowest BCUT2D eigenvalue weighted by atomic mass is 10.2. The second kappa shape index (κ2) is 3.85. The predicted molar refractivity (Wildman–Crippen MR) is 59.7 cm³/mol. The van der Waals surface area contributed by atoms with Gasteiger partial charge in [-0.05, 0) is 12.1 Å². The van der Waals surface area contributed by atoms with Crippen LogP contribution in [0.4, 0.5) is 0 Å². The zero-order valence-corrected chi connectivity index (χ0v) is 9.03. The van der Waals surface area contributed by atoms with Crippen molar-refractivity contribution in [2.24, 2.45) is 7.05 Å². The molecule has 0 bridgehead atoms. The minimum absolute atomic E-state index is 0.230. The Morgan fingerprint density at radius 1 is 1.40 bits per heavy atom. The standard InChI is InChI=1S/C12H14N2O/c1-3-9(15)8-12-13-10-6-4-5-7-11(10)14(12)2/h4-7H,3,8H2,1-2H3. The van der Waals surface area contributed by atoms with Gasteiger partial charge in [0.1, 0.15) is 11.6 Å². The van der Waals surface area contributed by atoms with Gasteiger partial charge < -0.3 is 4.57 Å². The van der Waals surface area contributed by atoms with Crippen LogP contribution in [0.15, 0.2) is 24.3 Å². The Morgan fingerprint density at radius 3 is 2.80 bits per heavy atom. The van der Waals surface area contributed by atoms with Gasteiger partial charge in [0, 0.05) is 13.5 Å². The highest BCUT2D eigenvalue weighted by atomic mass is 16.1. The van der Waals surface area contributed by atoms with E-state index in [9.17, 15) is 4.79 Å². The van der Waals surface area contributed by atoms with Gasteiger partial charge in [0.25, 0.3) is 0 Å². The molecule has 0 atom stereocenters. The van der Waals surface area contributed by atoms with Crippen LogP contribution in [0.25, 0.3) is 11.0 Å². The number of imidazole rings is 1. The molecule has 0 aliphatic rings. The third kappa shape index (κ3) is 1.77. The van der Waals surface area contributed by atoms with Gasteiger partial charge in [-0.2, -0.15) is 0 Å². The number of ketones is 1. The molecule has 1 aromatic heterocycles. The van der Waals surface area contributed by atoms with E-state index < -0.39 is 0 Å². The quantitative estimate of drug-likeness (QED) is 0.764. The number of para-hydroxylation sites is 2. The summed E-state index contributed by atoms with van der Waals surface area (Å²) < 4.78 is 1.99. The highest BCUT2D eigenvalue weighted by Gasteiger charge is 2.09. The van der Waals surface area contributed by atoms with Crippen molar-refractivity contribution in [2.75, 3.05) is 0 Å². The minimum Gasteiger partial charge on any atom is -0.331 e. The van der Waals surface area contributed by atoms with Crippen LogP contribution in [0, 0.1) is 0 Å². The molecule has 0 aliphatic heterocycles. The molecular formula is C12H14N2O. The van der Waals surface area contributed by atoms with Gasteiger partial charge in [-0.1, -0.05) is 19.1 Å². The number of aromatic nitrogens is 2. The lowest BCUT2D eigenvalue weighted by Gasteiger charge is -1.99. The maximum absolute atomic E-state index is 11.4. The van der Waals surface area contributed by atoms with Crippen molar-refractivity contribution in [2.45, 2.75) is 19.8 Å². The van der Waals surface area contributed by atoms with Crippen LogP contribution < -0.4 is 0 Å². The highest BCUT2D eigenvalue weighted by Crippen LogP contribution is 2.14. The molecule has 0 spiro atoms. The topological polar surface area (TPSA) is 34.9 Å². The molecule has 0 aliphatic carbocycles. The molecule has 0 radical (unpaired) electrons. The number of hydrogen-bond donors (Lipinski definition) is 0. The molecule has 2 rings (SSSR count). The first-order valence-electron chi connectivity index (χ1n) is 5.14. The zero-order chi connectivity index (χ0) is 10.8. The van der Waals surface area contributed by atoms with Crippen molar-refractivity contribution in [3.05, 3.63) is 30.1 Å². The largest absolute Gasteiger partial charge is 0.331 e. The molecule has 0 saturated carbocycles. The number of aryl methyl sites for hydroxylation is 1. The monoisotopic (exact) mass is 202 g/mol. The second-order valence-electron chi connectivity index (χ2n) is 3.64. The Bertz CT molecular complexity index is 499. The fraction of sp³-hybridized carbons (Fsp3) is 0.333. The van der Waals surface area contributed by atoms with Crippen molar-refractivity contribution in [3.8, 4) is 0 Å². The summed E-state index contributed by atoms with van der Waals surface area (Å²) in [5.41, 5.74) is 2.04. The normalized spacial score (nSPS) is 10.8. The Hall–Kier alpha value is -1.64. The average molecular weight is 202 g/mol. The molecule has 2 aromatic rings. The Morgan fingerprint density at radius 2 is 2.13 bits per heavy atom. The van der Waals surface area contributed by atoms with Gasteiger partial charge >= 0.3 is 0 Å². The molecule has 3 nitrogen and oxygen atoms in total. The number of nitrogens with zero attached hydrogens (tertiary/aromatic N) is 2. The summed E-state index contributed by atoms with van der Waals surface area (Å²) in [5.74, 6) is 1.08. The first-order valence-corrected chi connectivity index (χ1v) is 5.14. The van der Waals surface area contributed by atoms with Crippen LogP contribution >= 0.6 is 0 Å². The van der Waals surface area contributed by atoms with Gasteiger partial charge in [0.05, 0.1) is 17.5 Å². The molecule has 78 valence electrons. The lowest BCUT2D eigenvalue weighted by Crippen LogP contribution is -2.06. The molecule has 3 heteroatoms. The van der Waals surface area contributed by atoms with E-state index in [1.807, 2.05) is 42.8 Å². The van der Waals surface area contributed by atoms with Gasteiger partial charge in [0.2, 0.25) is 0 Å². The van der Waals surface area contributed by atoms with Crippen LogP contribution in [-0.4, -0.2) is 15.3 Å².